The van der Waals surface area contributed by atoms with Gasteiger partial charge in [0.2, 0.25) is 0 Å². The highest BCUT2D eigenvalue weighted by Gasteiger charge is 2.17. The second kappa shape index (κ2) is 8.88. The Kier molecular flexibility index (Phi) is 6.31. The van der Waals surface area contributed by atoms with Crippen LogP contribution in [0, 0.1) is 6.92 Å². The number of hydrogen-bond acceptors (Lipinski definition) is 3. The predicted octanol–water partition coefficient (Wildman–Crippen LogP) is 2.83. The maximum Gasteiger partial charge on any atom is 0.161 e. The second-order valence-corrected chi connectivity index (χ2v) is 6.62. The molecule has 0 bridgehead atoms. The van der Waals surface area contributed by atoms with Crippen molar-refractivity contribution in [1.29, 1.82) is 0 Å². The zero-order chi connectivity index (χ0) is 17.5. The Bertz CT molecular complexity index is 663. The standard InChI is InChI=1S/C21H27NO3/c1-16-5-7-17(8-6-16)15-25-20-10-9-18(12-21(20)23-2)13-22-14-19-4-3-11-24-19/h5-10,12,19,22H,3-4,11,13-15H2,1-2H3/p+1/t19-/m1/s1. The Labute approximate surface area is 150 Å². The van der Waals surface area contributed by atoms with E-state index in [4.69, 9.17) is 14.2 Å². The number of ether oxygens (including phenoxy) is 3. The van der Waals surface area contributed by atoms with Gasteiger partial charge in [-0.3, -0.25) is 0 Å². The van der Waals surface area contributed by atoms with Gasteiger partial charge in [-0.1, -0.05) is 29.8 Å². The zero-order valence-electron chi connectivity index (χ0n) is 15.2. The van der Waals surface area contributed by atoms with Gasteiger partial charge in [0.1, 0.15) is 25.8 Å². The third-order valence-corrected chi connectivity index (χ3v) is 4.58. The molecule has 2 aromatic carbocycles. The summed E-state index contributed by atoms with van der Waals surface area (Å²) >= 11 is 0. The number of rotatable bonds is 8. The van der Waals surface area contributed by atoms with E-state index in [0.29, 0.717) is 12.7 Å². The molecule has 0 radical (unpaired) electrons. The van der Waals surface area contributed by atoms with Gasteiger partial charge in [-0.05, 0) is 43.5 Å². The molecule has 0 unspecified atom stereocenters. The van der Waals surface area contributed by atoms with Crippen molar-refractivity contribution in [2.45, 2.75) is 39.0 Å². The topological polar surface area (TPSA) is 44.3 Å². The molecule has 1 atom stereocenters. The second-order valence-electron chi connectivity index (χ2n) is 6.62. The summed E-state index contributed by atoms with van der Waals surface area (Å²) in [6.45, 7) is 5.49. The van der Waals surface area contributed by atoms with Crippen LogP contribution in [0.25, 0.3) is 0 Å². The average molecular weight is 342 g/mol. The van der Waals surface area contributed by atoms with Crippen molar-refractivity contribution in [3.63, 3.8) is 0 Å². The first-order valence-corrected chi connectivity index (χ1v) is 9.03. The van der Waals surface area contributed by atoms with Crippen LogP contribution in [0.3, 0.4) is 0 Å². The highest BCUT2D eigenvalue weighted by atomic mass is 16.5. The van der Waals surface area contributed by atoms with Crippen molar-refractivity contribution < 1.29 is 19.5 Å². The van der Waals surface area contributed by atoms with Crippen molar-refractivity contribution in [2.24, 2.45) is 0 Å². The fourth-order valence-electron chi connectivity index (χ4n) is 3.07. The Hall–Kier alpha value is -2.04. The van der Waals surface area contributed by atoms with Gasteiger partial charge in [-0.25, -0.2) is 0 Å². The first kappa shape index (κ1) is 17.8. The molecule has 0 saturated carbocycles. The molecular formula is C21H28NO3+. The minimum Gasteiger partial charge on any atom is -0.493 e. The van der Waals surface area contributed by atoms with Gasteiger partial charge in [-0.15, -0.1) is 0 Å². The lowest BCUT2D eigenvalue weighted by Crippen LogP contribution is -2.84. The first-order valence-electron chi connectivity index (χ1n) is 9.03. The van der Waals surface area contributed by atoms with E-state index in [0.717, 1.165) is 36.8 Å². The number of benzene rings is 2. The molecule has 1 aliphatic rings. The van der Waals surface area contributed by atoms with E-state index in [1.54, 1.807) is 7.11 Å². The summed E-state index contributed by atoms with van der Waals surface area (Å²) in [6, 6.07) is 14.6. The van der Waals surface area contributed by atoms with Crippen LogP contribution in [0.1, 0.15) is 29.5 Å². The van der Waals surface area contributed by atoms with Crippen molar-refractivity contribution in [3.05, 3.63) is 59.2 Å². The minimum absolute atomic E-state index is 0.416. The molecule has 1 fully saturated rings. The molecule has 0 amide bonds. The van der Waals surface area contributed by atoms with E-state index in [1.807, 2.05) is 6.07 Å². The van der Waals surface area contributed by atoms with Crippen LogP contribution in [0.2, 0.25) is 0 Å². The Morgan fingerprint density at radius 2 is 1.88 bits per heavy atom. The Morgan fingerprint density at radius 1 is 1.08 bits per heavy atom. The van der Waals surface area contributed by atoms with Crippen LogP contribution in [0.4, 0.5) is 0 Å². The smallest absolute Gasteiger partial charge is 0.161 e. The average Bonchev–Trinajstić information content (AvgIpc) is 3.15. The fourth-order valence-corrected chi connectivity index (χ4v) is 3.07. The van der Waals surface area contributed by atoms with Gasteiger partial charge in [0.15, 0.2) is 11.5 Å². The number of nitrogens with two attached hydrogens (primary N) is 1. The molecule has 1 saturated heterocycles. The molecule has 0 spiro atoms. The van der Waals surface area contributed by atoms with E-state index in [9.17, 15) is 0 Å². The van der Waals surface area contributed by atoms with Crippen LogP contribution >= 0.6 is 0 Å². The van der Waals surface area contributed by atoms with Crippen LogP contribution in [0.15, 0.2) is 42.5 Å². The number of methoxy groups -OCH3 is 1. The fraction of sp³-hybridized carbons (Fsp3) is 0.429. The lowest BCUT2D eigenvalue weighted by atomic mass is 10.1. The van der Waals surface area contributed by atoms with E-state index in [1.165, 1.54) is 24.0 Å². The third kappa shape index (κ3) is 5.21. The van der Waals surface area contributed by atoms with E-state index in [-0.39, 0.29) is 0 Å². The van der Waals surface area contributed by atoms with Crippen LogP contribution < -0.4 is 14.8 Å². The predicted molar refractivity (Wildman–Crippen MR) is 98.0 cm³/mol. The minimum atomic E-state index is 0.416. The summed E-state index contributed by atoms with van der Waals surface area (Å²) in [4.78, 5) is 0. The molecule has 2 N–H and O–H groups in total. The number of quaternary nitrogens is 1. The largest absolute Gasteiger partial charge is 0.493 e. The van der Waals surface area contributed by atoms with Crippen LogP contribution in [-0.4, -0.2) is 26.4 Å². The lowest BCUT2D eigenvalue weighted by molar-refractivity contribution is -0.676. The normalized spacial score (nSPS) is 16.8. The van der Waals surface area contributed by atoms with E-state index < -0.39 is 0 Å². The Balaban J connectivity index is 1.54. The SMILES string of the molecule is COc1cc(C[NH2+]C[C@H]2CCCO2)ccc1OCc1ccc(C)cc1. The van der Waals surface area contributed by atoms with Crippen LogP contribution in [0.5, 0.6) is 11.5 Å². The molecule has 1 heterocycles. The molecule has 3 rings (SSSR count). The zero-order valence-corrected chi connectivity index (χ0v) is 15.2. The molecule has 0 aliphatic carbocycles. The van der Waals surface area contributed by atoms with Gasteiger partial charge in [0.25, 0.3) is 0 Å². The molecule has 0 aromatic heterocycles. The Morgan fingerprint density at radius 3 is 2.60 bits per heavy atom. The monoisotopic (exact) mass is 342 g/mol. The summed E-state index contributed by atoms with van der Waals surface area (Å²) in [5.41, 5.74) is 3.64. The van der Waals surface area contributed by atoms with Gasteiger partial charge in [-0.2, -0.15) is 0 Å². The van der Waals surface area contributed by atoms with E-state index >= 15 is 0 Å². The maximum absolute atomic E-state index is 5.94. The van der Waals surface area contributed by atoms with Crippen molar-refractivity contribution >= 4 is 0 Å². The first-order chi connectivity index (χ1) is 12.2. The summed E-state index contributed by atoms with van der Waals surface area (Å²) < 4.78 is 17.1. The molecule has 4 nitrogen and oxygen atoms in total. The van der Waals surface area contributed by atoms with Gasteiger partial charge < -0.3 is 19.5 Å². The molecule has 2 aromatic rings. The van der Waals surface area contributed by atoms with Gasteiger partial charge >= 0.3 is 0 Å². The van der Waals surface area contributed by atoms with Gasteiger partial charge in [0.05, 0.1) is 7.11 Å². The summed E-state index contributed by atoms with van der Waals surface area (Å²) in [5, 5.41) is 2.30. The third-order valence-electron chi connectivity index (χ3n) is 4.58. The van der Waals surface area contributed by atoms with Crippen molar-refractivity contribution in [1.82, 2.24) is 0 Å². The molecule has 4 heteroatoms. The van der Waals surface area contributed by atoms with Crippen molar-refractivity contribution in [2.75, 3.05) is 20.3 Å². The summed E-state index contributed by atoms with van der Waals surface area (Å²) in [7, 11) is 1.69. The molecular weight excluding hydrogens is 314 g/mol. The van der Waals surface area contributed by atoms with E-state index in [2.05, 4.69) is 48.6 Å². The number of aryl methyl sites for hydroxylation is 1. The highest BCUT2D eigenvalue weighted by molar-refractivity contribution is 5.42. The summed E-state index contributed by atoms with van der Waals surface area (Å²) in [5.74, 6) is 1.57. The molecule has 1 aliphatic heterocycles. The maximum atomic E-state index is 5.94. The molecule has 25 heavy (non-hydrogen) atoms. The lowest BCUT2D eigenvalue weighted by Gasteiger charge is -2.13. The van der Waals surface area contributed by atoms with Gasteiger partial charge in [0, 0.05) is 12.2 Å². The number of hydrogen-bond donors (Lipinski definition) is 1. The quantitative estimate of drug-likeness (QED) is 0.802. The van der Waals surface area contributed by atoms with Crippen LogP contribution in [-0.2, 0) is 17.9 Å². The molecule has 134 valence electrons. The van der Waals surface area contributed by atoms with Crippen molar-refractivity contribution in [3.8, 4) is 11.5 Å². The highest BCUT2D eigenvalue weighted by Crippen LogP contribution is 2.28. The summed E-state index contributed by atoms with van der Waals surface area (Å²) in [6.07, 6.45) is 2.80.